The molecule has 1 aromatic rings. The molecule has 2 heterocycles. The third-order valence-corrected chi connectivity index (χ3v) is 3.17. The van der Waals surface area contributed by atoms with E-state index < -0.39 is 5.97 Å². The van der Waals surface area contributed by atoms with Crippen molar-refractivity contribution in [2.75, 3.05) is 26.4 Å². The molecule has 2 N–H and O–H groups in total. The molecule has 0 saturated carbocycles. The molecule has 1 aliphatic heterocycles. The lowest BCUT2D eigenvalue weighted by atomic mass is 10.2. The number of carboxylic acids is 1. The zero-order valence-electron chi connectivity index (χ0n) is 11.5. The lowest BCUT2D eigenvalue weighted by Gasteiger charge is -2.09. The number of hydrogen-bond acceptors (Lipinski definition) is 5. The predicted molar refractivity (Wildman–Crippen MR) is 71.8 cm³/mol. The van der Waals surface area contributed by atoms with Crippen LogP contribution < -0.4 is 5.32 Å². The number of rotatable bonds is 9. The summed E-state index contributed by atoms with van der Waals surface area (Å²) in [5.74, 6) is -0.342. The topological polar surface area (TPSA) is 80.9 Å². The number of carboxylic acid groups (broad SMARTS) is 1. The van der Waals surface area contributed by atoms with E-state index in [2.05, 4.69) is 5.32 Å². The van der Waals surface area contributed by atoms with Crippen molar-refractivity contribution in [2.24, 2.45) is 0 Å². The highest BCUT2D eigenvalue weighted by atomic mass is 16.5. The van der Waals surface area contributed by atoms with Gasteiger partial charge in [-0.1, -0.05) is 0 Å². The van der Waals surface area contributed by atoms with E-state index in [4.69, 9.17) is 19.0 Å². The van der Waals surface area contributed by atoms with Crippen molar-refractivity contribution < 1.29 is 23.8 Å². The van der Waals surface area contributed by atoms with Crippen molar-refractivity contribution in [1.82, 2.24) is 5.32 Å². The molecular weight excluding hydrogens is 262 g/mol. The Morgan fingerprint density at radius 1 is 1.55 bits per heavy atom. The summed E-state index contributed by atoms with van der Waals surface area (Å²) in [7, 11) is 0. The van der Waals surface area contributed by atoms with Crippen LogP contribution in [0.15, 0.2) is 16.7 Å². The summed E-state index contributed by atoms with van der Waals surface area (Å²) in [6, 6.07) is 1.53. The van der Waals surface area contributed by atoms with Crippen LogP contribution in [0.3, 0.4) is 0 Å². The molecule has 0 spiro atoms. The fourth-order valence-electron chi connectivity index (χ4n) is 2.09. The van der Waals surface area contributed by atoms with Crippen LogP contribution in [0.25, 0.3) is 0 Å². The monoisotopic (exact) mass is 283 g/mol. The molecule has 1 aliphatic rings. The maximum atomic E-state index is 10.7. The number of carbonyl (C=O) groups is 1. The van der Waals surface area contributed by atoms with E-state index in [-0.39, 0.29) is 11.7 Å². The summed E-state index contributed by atoms with van der Waals surface area (Å²) >= 11 is 0. The molecule has 20 heavy (non-hydrogen) atoms. The smallest absolute Gasteiger partial charge is 0.338 e. The summed E-state index contributed by atoms with van der Waals surface area (Å²) in [5.41, 5.74) is 0.182. The first-order valence-corrected chi connectivity index (χ1v) is 6.96. The summed E-state index contributed by atoms with van der Waals surface area (Å²) in [5, 5.41) is 11.9. The molecule has 0 aromatic carbocycles. The van der Waals surface area contributed by atoms with Crippen LogP contribution in [-0.2, 0) is 16.0 Å². The van der Waals surface area contributed by atoms with Crippen LogP contribution in [0.2, 0.25) is 0 Å². The highest BCUT2D eigenvalue weighted by Crippen LogP contribution is 2.11. The van der Waals surface area contributed by atoms with E-state index in [1.54, 1.807) is 0 Å². The zero-order valence-corrected chi connectivity index (χ0v) is 11.5. The molecule has 112 valence electrons. The number of nitrogens with one attached hydrogen (secondary N) is 1. The molecule has 0 radical (unpaired) electrons. The van der Waals surface area contributed by atoms with Crippen molar-refractivity contribution in [3.63, 3.8) is 0 Å². The normalized spacial score (nSPS) is 18.5. The molecule has 0 bridgehead atoms. The maximum absolute atomic E-state index is 10.7. The molecule has 1 saturated heterocycles. The van der Waals surface area contributed by atoms with E-state index >= 15 is 0 Å². The summed E-state index contributed by atoms with van der Waals surface area (Å²) in [6.07, 6.45) is 4.67. The van der Waals surface area contributed by atoms with E-state index in [0.29, 0.717) is 25.5 Å². The minimum absolute atomic E-state index is 0.182. The second-order valence-electron chi connectivity index (χ2n) is 4.85. The second-order valence-corrected chi connectivity index (χ2v) is 4.85. The van der Waals surface area contributed by atoms with Crippen LogP contribution in [0.5, 0.6) is 0 Å². The van der Waals surface area contributed by atoms with E-state index in [0.717, 1.165) is 32.4 Å². The van der Waals surface area contributed by atoms with Crippen molar-refractivity contribution in [1.29, 1.82) is 0 Å². The molecule has 2 rings (SSSR count). The third kappa shape index (κ3) is 4.96. The fourth-order valence-corrected chi connectivity index (χ4v) is 2.09. The van der Waals surface area contributed by atoms with Crippen LogP contribution in [0, 0.1) is 0 Å². The van der Waals surface area contributed by atoms with Crippen molar-refractivity contribution in [3.8, 4) is 0 Å². The highest BCUT2D eigenvalue weighted by Gasteiger charge is 2.14. The van der Waals surface area contributed by atoms with Gasteiger partial charge in [-0.2, -0.15) is 0 Å². The van der Waals surface area contributed by atoms with Crippen molar-refractivity contribution in [2.45, 2.75) is 31.9 Å². The van der Waals surface area contributed by atoms with Gasteiger partial charge in [-0.15, -0.1) is 0 Å². The second kappa shape index (κ2) is 8.04. The van der Waals surface area contributed by atoms with Crippen LogP contribution in [-0.4, -0.2) is 43.5 Å². The van der Waals surface area contributed by atoms with Gasteiger partial charge in [0, 0.05) is 13.2 Å². The Balaban J connectivity index is 1.47. The average Bonchev–Trinajstić information content (AvgIpc) is 3.08. The first kappa shape index (κ1) is 15.0. The van der Waals surface area contributed by atoms with Crippen LogP contribution >= 0.6 is 0 Å². The molecule has 1 aromatic heterocycles. The quantitative estimate of drug-likeness (QED) is 0.671. The van der Waals surface area contributed by atoms with E-state index in [1.807, 2.05) is 0 Å². The van der Waals surface area contributed by atoms with Gasteiger partial charge in [0.15, 0.2) is 0 Å². The van der Waals surface area contributed by atoms with Gasteiger partial charge in [-0.05, 0) is 31.9 Å². The molecule has 6 heteroatoms. The zero-order chi connectivity index (χ0) is 14.2. The Bertz CT molecular complexity index is 411. The van der Waals surface area contributed by atoms with E-state index in [1.165, 1.54) is 12.3 Å². The number of ether oxygens (including phenoxy) is 2. The molecule has 1 unspecified atom stereocenters. The third-order valence-electron chi connectivity index (χ3n) is 3.17. The average molecular weight is 283 g/mol. The molecule has 0 amide bonds. The first-order valence-electron chi connectivity index (χ1n) is 6.96. The summed E-state index contributed by atoms with van der Waals surface area (Å²) in [6.45, 7) is 3.57. The Kier molecular flexibility index (Phi) is 6.04. The Morgan fingerprint density at radius 2 is 2.45 bits per heavy atom. The standard InChI is InChI=1S/C14H21NO5/c16-14(17)11-7-13(20-9-11)8-15-4-2-5-18-10-12-3-1-6-19-12/h7,9,12,15H,1-6,8,10H2,(H,16,17). The molecular formula is C14H21NO5. The van der Waals surface area contributed by atoms with Crippen LogP contribution in [0.1, 0.15) is 35.4 Å². The Labute approximate surface area is 118 Å². The molecule has 1 atom stereocenters. The summed E-state index contributed by atoms with van der Waals surface area (Å²) < 4.78 is 16.1. The van der Waals surface area contributed by atoms with Gasteiger partial charge < -0.3 is 24.3 Å². The van der Waals surface area contributed by atoms with E-state index in [9.17, 15) is 4.79 Å². The lowest BCUT2D eigenvalue weighted by molar-refractivity contribution is 0.0166. The van der Waals surface area contributed by atoms with Crippen molar-refractivity contribution in [3.05, 3.63) is 23.7 Å². The predicted octanol–water partition coefficient (Wildman–Crippen LogP) is 1.65. The minimum Gasteiger partial charge on any atom is -0.478 e. The summed E-state index contributed by atoms with van der Waals surface area (Å²) in [4.78, 5) is 10.7. The number of hydrogen-bond donors (Lipinski definition) is 2. The van der Waals surface area contributed by atoms with Gasteiger partial charge in [-0.3, -0.25) is 0 Å². The van der Waals surface area contributed by atoms with Gasteiger partial charge in [0.2, 0.25) is 0 Å². The van der Waals surface area contributed by atoms with Crippen LogP contribution in [0.4, 0.5) is 0 Å². The fraction of sp³-hybridized carbons (Fsp3) is 0.643. The van der Waals surface area contributed by atoms with Gasteiger partial charge in [-0.25, -0.2) is 4.79 Å². The van der Waals surface area contributed by atoms with Gasteiger partial charge in [0.25, 0.3) is 0 Å². The first-order chi connectivity index (χ1) is 9.75. The molecule has 1 fully saturated rings. The molecule has 6 nitrogen and oxygen atoms in total. The molecule has 0 aliphatic carbocycles. The Morgan fingerprint density at radius 3 is 3.15 bits per heavy atom. The SMILES string of the molecule is O=C(O)c1coc(CNCCCOCC2CCCO2)c1. The lowest BCUT2D eigenvalue weighted by Crippen LogP contribution is -2.18. The van der Waals surface area contributed by atoms with Gasteiger partial charge in [0.1, 0.15) is 12.0 Å². The number of furan rings is 1. The Hall–Kier alpha value is -1.37. The minimum atomic E-state index is -0.970. The maximum Gasteiger partial charge on any atom is 0.338 e. The highest BCUT2D eigenvalue weighted by molar-refractivity contribution is 5.87. The largest absolute Gasteiger partial charge is 0.478 e. The number of aromatic carboxylic acids is 1. The van der Waals surface area contributed by atoms with Gasteiger partial charge in [0.05, 0.1) is 24.8 Å². The van der Waals surface area contributed by atoms with Crippen molar-refractivity contribution >= 4 is 5.97 Å². The van der Waals surface area contributed by atoms with Gasteiger partial charge >= 0.3 is 5.97 Å².